The highest BCUT2D eigenvalue weighted by Crippen LogP contribution is 2.36. The zero-order chi connectivity index (χ0) is 20.9. The van der Waals surface area contributed by atoms with E-state index in [0.29, 0.717) is 24.7 Å². The molecule has 5 nitrogen and oxygen atoms in total. The van der Waals surface area contributed by atoms with Gasteiger partial charge < -0.3 is 19.5 Å². The van der Waals surface area contributed by atoms with Crippen LogP contribution in [0.4, 0.5) is 0 Å². The van der Waals surface area contributed by atoms with Crippen LogP contribution in [-0.4, -0.2) is 26.2 Å². The smallest absolute Gasteiger partial charge is 0.225 e. The fraction of sp³-hybridized carbons (Fsp3) is 0.208. The summed E-state index contributed by atoms with van der Waals surface area (Å²) in [4.78, 5) is 13.0. The van der Waals surface area contributed by atoms with Crippen molar-refractivity contribution in [1.29, 1.82) is 0 Å². The fourth-order valence-electron chi connectivity index (χ4n) is 3.43. The number of benzene rings is 3. The first-order valence-corrected chi connectivity index (χ1v) is 10.5. The third-order valence-corrected chi connectivity index (χ3v) is 5.69. The van der Waals surface area contributed by atoms with Crippen LogP contribution in [0.15, 0.2) is 71.2 Å². The van der Waals surface area contributed by atoms with Gasteiger partial charge in [0.15, 0.2) is 11.5 Å². The summed E-state index contributed by atoms with van der Waals surface area (Å²) in [6.07, 6.45) is 0.219. The highest BCUT2D eigenvalue weighted by Gasteiger charge is 2.20. The first kappa shape index (κ1) is 20.3. The number of methoxy groups -OCH3 is 1. The molecular formula is C24H22BrNO4. The van der Waals surface area contributed by atoms with E-state index < -0.39 is 0 Å². The average Bonchev–Trinajstić information content (AvgIpc) is 2.79. The monoisotopic (exact) mass is 467 g/mol. The van der Waals surface area contributed by atoms with Crippen molar-refractivity contribution < 1.29 is 19.0 Å². The number of hydrogen-bond acceptors (Lipinski definition) is 4. The lowest BCUT2D eigenvalue weighted by atomic mass is 9.98. The van der Waals surface area contributed by atoms with Gasteiger partial charge in [-0.3, -0.25) is 4.79 Å². The molecule has 6 heteroatoms. The molecule has 0 saturated heterocycles. The van der Waals surface area contributed by atoms with Crippen molar-refractivity contribution in [2.45, 2.75) is 12.5 Å². The molecular weight excluding hydrogens is 446 g/mol. The molecule has 30 heavy (non-hydrogen) atoms. The highest BCUT2D eigenvalue weighted by molar-refractivity contribution is 9.10. The topological polar surface area (TPSA) is 56.8 Å². The minimum absolute atomic E-state index is 0.0861. The first-order chi connectivity index (χ1) is 14.6. The van der Waals surface area contributed by atoms with Crippen molar-refractivity contribution in [1.82, 2.24) is 5.32 Å². The van der Waals surface area contributed by atoms with E-state index in [-0.39, 0.29) is 18.4 Å². The normalized spacial score (nSPS) is 13.4. The molecule has 0 saturated carbocycles. The number of nitrogens with one attached hydrogen (secondary N) is 1. The summed E-state index contributed by atoms with van der Waals surface area (Å²) >= 11 is 3.55. The van der Waals surface area contributed by atoms with E-state index in [4.69, 9.17) is 14.2 Å². The van der Waals surface area contributed by atoms with Crippen LogP contribution in [-0.2, 0) is 11.2 Å². The quantitative estimate of drug-likeness (QED) is 0.571. The molecule has 1 amide bonds. The van der Waals surface area contributed by atoms with Gasteiger partial charge in [-0.05, 0) is 41.0 Å². The van der Waals surface area contributed by atoms with Crippen LogP contribution in [0, 0.1) is 0 Å². The number of rotatable bonds is 6. The lowest BCUT2D eigenvalue weighted by Gasteiger charge is -2.22. The summed E-state index contributed by atoms with van der Waals surface area (Å²) in [5, 5.41) is 3.17. The van der Waals surface area contributed by atoms with Gasteiger partial charge in [0.2, 0.25) is 5.91 Å². The lowest BCUT2D eigenvalue weighted by molar-refractivity contribution is -0.120. The third-order valence-electron chi connectivity index (χ3n) is 4.95. The Kier molecular flexibility index (Phi) is 6.23. The van der Waals surface area contributed by atoms with Crippen LogP contribution in [0.25, 0.3) is 0 Å². The van der Waals surface area contributed by atoms with E-state index in [1.165, 1.54) is 0 Å². The van der Waals surface area contributed by atoms with E-state index in [1.807, 2.05) is 66.7 Å². The van der Waals surface area contributed by atoms with Gasteiger partial charge in [-0.15, -0.1) is 0 Å². The molecule has 1 unspecified atom stereocenters. The van der Waals surface area contributed by atoms with E-state index in [2.05, 4.69) is 21.2 Å². The molecule has 3 aromatic carbocycles. The Balaban J connectivity index is 1.56. The van der Waals surface area contributed by atoms with Gasteiger partial charge in [0.25, 0.3) is 0 Å². The summed E-state index contributed by atoms with van der Waals surface area (Å²) in [5.41, 5.74) is 2.84. The lowest BCUT2D eigenvalue weighted by Crippen LogP contribution is -2.30. The molecule has 0 aliphatic carbocycles. The van der Waals surface area contributed by atoms with E-state index in [1.54, 1.807) is 7.11 Å². The molecule has 1 aliphatic heterocycles. The minimum atomic E-state index is -0.263. The first-order valence-electron chi connectivity index (χ1n) is 9.70. The summed E-state index contributed by atoms with van der Waals surface area (Å²) < 4.78 is 17.3. The van der Waals surface area contributed by atoms with Crippen LogP contribution < -0.4 is 19.5 Å². The molecule has 3 aromatic rings. The van der Waals surface area contributed by atoms with Crippen molar-refractivity contribution in [3.8, 4) is 17.2 Å². The predicted octanol–water partition coefficient (Wildman–Crippen LogP) is 4.68. The summed E-state index contributed by atoms with van der Waals surface area (Å²) in [7, 11) is 1.64. The molecule has 1 heterocycles. The van der Waals surface area contributed by atoms with Gasteiger partial charge in [0, 0.05) is 4.47 Å². The standard InChI is InChI=1S/C24H22BrNO4/c1-28-19-9-7-17(8-10-19)24(16-5-3-2-4-6-16)26-23(27)14-18-13-21-22(15-20(18)25)30-12-11-29-21/h2-10,13,15,24H,11-12,14H2,1H3,(H,26,27). The van der Waals surface area contributed by atoms with Crippen molar-refractivity contribution in [3.05, 3.63) is 87.9 Å². The number of carbonyl (C=O) groups is 1. The maximum Gasteiger partial charge on any atom is 0.225 e. The Morgan fingerprint density at radius 2 is 1.63 bits per heavy atom. The van der Waals surface area contributed by atoms with Gasteiger partial charge in [-0.25, -0.2) is 0 Å². The number of halogens is 1. The summed E-state index contributed by atoms with van der Waals surface area (Å²) in [6, 6.07) is 21.1. The van der Waals surface area contributed by atoms with Crippen LogP contribution in [0.2, 0.25) is 0 Å². The van der Waals surface area contributed by atoms with Crippen LogP contribution in [0.5, 0.6) is 17.2 Å². The van der Waals surface area contributed by atoms with Crippen LogP contribution in [0.1, 0.15) is 22.7 Å². The van der Waals surface area contributed by atoms with Crippen molar-refractivity contribution >= 4 is 21.8 Å². The summed E-state index contributed by atoms with van der Waals surface area (Å²) in [6.45, 7) is 1.04. The average molecular weight is 468 g/mol. The summed E-state index contributed by atoms with van der Waals surface area (Å²) in [5.74, 6) is 2.05. The molecule has 1 N–H and O–H groups in total. The van der Waals surface area contributed by atoms with Crippen molar-refractivity contribution in [2.24, 2.45) is 0 Å². The minimum Gasteiger partial charge on any atom is -0.497 e. The van der Waals surface area contributed by atoms with Gasteiger partial charge in [0.1, 0.15) is 19.0 Å². The second-order valence-electron chi connectivity index (χ2n) is 6.95. The predicted molar refractivity (Wildman–Crippen MR) is 118 cm³/mol. The van der Waals surface area contributed by atoms with Crippen molar-refractivity contribution in [3.63, 3.8) is 0 Å². The second kappa shape index (κ2) is 9.22. The van der Waals surface area contributed by atoms with E-state index >= 15 is 0 Å². The molecule has 154 valence electrons. The maximum absolute atomic E-state index is 13.0. The van der Waals surface area contributed by atoms with Gasteiger partial charge >= 0.3 is 0 Å². The van der Waals surface area contributed by atoms with Gasteiger partial charge in [-0.1, -0.05) is 58.4 Å². The number of hydrogen-bond donors (Lipinski definition) is 1. The van der Waals surface area contributed by atoms with Crippen LogP contribution in [0.3, 0.4) is 0 Å². The number of amides is 1. The van der Waals surface area contributed by atoms with E-state index in [0.717, 1.165) is 26.9 Å². The molecule has 1 aliphatic rings. The molecule has 0 bridgehead atoms. The Bertz CT molecular complexity index is 1020. The molecule has 1 atom stereocenters. The Morgan fingerprint density at radius 3 is 2.30 bits per heavy atom. The molecule has 0 aromatic heterocycles. The maximum atomic E-state index is 13.0. The Morgan fingerprint density at radius 1 is 1.00 bits per heavy atom. The molecule has 4 rings (SSSR count). The molecule has 0 fully saturated rings. The Labute approximate surface area is 184 Å². The second-order valence-corrected chi connectivity index (χ2v) is 7.80. The van der Waals surface area contributed by atoms with Gasteiger partial charge in [0.05, 0.1) is 19.6 Å². The number of carbonyl (C=O) groups excluding carboxylic acids is 1. The largest absolute Gasteiger partial charge is 0.497 e. The van der Waals surface area contributed by atoms with E-state index in [9.17, 15) is 4.79 Å². The Hall–Kier alpha value is -2.99. The van der Waals surface area contributed by atoms with Crippen LogP contribution >= 0.6 is 15.9 Å². The SMILES string of the molecule is COc1ccc(C(NC(=O)Cc2cc3c(cc2Br)OCCO3)c2ccccc2)cc1. The zero-order valence-electron chi connectivity index (χ0n) is 16.6. The van der Waals surface area contributed by atoms with Crippen molar-refractivity contribution in [2.75, 3.05) is 20.3 Å². The molecule has 0 radical (unpaired) electrons. The third kappa shape index (κ3) is 4.60. The number of fused-ring (bicyclic) bond motifs is 1. The fourth-order valence-corrected chi connectivity index (χ4v) is 3.89. The molecule has 0 spiro atoms. The van der Waals surface area contributed by atoms with Gasteiger partial charge in [-0.2, -0.15) is 0 Å². The number of ether oxygens (including phenoxy) is 3. The highest BCUT2D eigenvalue weighted by atomic mass is 79.9. The zero-order valence-corrected chi connectivity index (χ0v) is 18.1.